The van der Waals surface area contributed by atoms with E-state index >= 15 is 0 Å². The van der Waals surface area contributed by atoms with Crippen LogP contribution >= 0.6 is 12.4 Å². The molecule has 0 amide bonds. The number of fused-ring (bicyclic) bond motifs is 1. The summed E-state index contributed by atoms with van der Waals surface area (Å²) in [6.07, 6.45) is 4.18. The molecule has 0 aliphatic carbocycles. The van der Waals surface area contributed by atoms with Crippen LogP contribution in [0.15, 0.2) is 18.2 Å². The molecule has 4 heteroatoms. The number of nitrogens with two attached hydrogens (primary N) is 2. The molecule has 0 aromatic heterocycles. The summed E-state index contributed by atoms with van der Waals surface area (Å²) in [4.78, 5) is 0. The van der Waals surface area contributed by atoms with Crippen molar-refractivity contribution < 1.29 is 4.74 Å². The number of halogens is 1. The molecule has 0 spiro atoms. The molecule has 2 rings (SSSR count). The molecule has 17 heavy (non-hydrogen) atoms. The van der Waals surface area contributed by atoms with Crippen molar-refractivity contribution in [3.63, 3.8) is 0 Å². The lowest BCUT2D eigenvalue weighted by molar-refractivity contribution is 0.357. The zero-order valence-electron chi connectivity index (χ0n) is 10.0. The van der Waals surface area contributed by atoms with Crippen molar-refractivity contribution in [3.8, 4) is 5.75 Å². The maximum atomic E-state index is 6.15. The molecule has 1 aromatic carbocycles. The lowest BCUT2D eigenvalue weighted by atomic mass is 9.99. The molecule has 0 fully saturated rings. The monoisotopic (exact) mass is 256 g/mol. The Labute approximate surface area is 109 Å². The van der Waals surface area contributed by atoms with Gasteiger partial charge in [-0.05, 0) is 36.6 Å². The maximum Gasteiger partial charge on any atom is 0.122 e. The average Bonchev–Trinajstić information content (AvgIpc) is 2.76. The Morgan fingerprint density at radius 2 is 2.12 bits per heavy atom. The van der Waals surface area contributed by atoms with Gasteiger partial charge in [0.2, 0.25) is 0 Å². The number of hydrogen-bond donors (Lipinski definition) is 2. The first-order chi connectivity index (χ1) is 7.81. The summed E-state index contributed by atoms with van der Waals surface area (Å²) in [6, 6.07) is 6.45. The summed E-state index contributed by atoms with van der Waals surface area (Å²) < 4.78 is 5.47. The molecule has 1 atom stereocenters. The predicted molar refractivity (Wildman–Crippen MR) is 72.7 cm³/mol. The molecular formula is C13H21ClN2O. The smallest absolute Gasteiger partial charge is 0.122 e. The molecule has 1 aliphatic rings. The fourth-order valence-corrected chi connectivity index (χ4v) is 2.11. The van der Waals surface area contributed by atoms with Crippen LogP contribution < -0.4 is 16.2 Å². The van der Waals surface area contributed by atoms with E-state index in [1.807, 2.05) is 6.07 Å². The lowest BCUT2D eigenvalue weighted by Gasteiger charge is -2.12. The quantitative estimate of drug-likeness (QED) is 0.794. The Hall–Kier alpha value is -0.770. The second-order valence-corrected chi connectivity index (χ2v) is 4.36. The summed E-state index contributed by atoms with van der Waals surface area (Å²) in [5.74, 6) is 1.03. The summed E-state index contributed by atoms with van der Waals surface area (Å²) in [7, 11) is 0. The van der Waals surface area contributed by atoms with Crippen molar-refractivity contribution >= 4 is 12.4 Å². The van der Waals surface area contributed by atoms with E-state index in [0.29, 0.717) is 0 Å². The van der Waals surface area contributed by atoms with Crippen LogP contribution in [0.25, 0.3) is 0 Å². The topological polar surface area (TPSA) is 61.3 Å². The summed E-state index contributed by atoms with van der Waals surface area (Å²) in [5, 5.41) is 0. The third-order valence-corrected chi connectivity index (χ3v) is 3.11. The highest BCUT2D eigenvalue weighted by Gasteiger charge is 2.14. The van der Waals surface area contributed by atoms with Gasteiger partial charge in [-0.3, -0.25) is 0 Å². The zero-order chi connectivity index (χ0) is 11.4. The van der Waals surface area contributed by atoms with Crippen LogP contribution in [0.4, 0.5) is 0 Å². The highest BCUT2D eigenvalue weighted by molar-refractivity contribution is 5.85. The largest absolute Gasteiger partial charge is 0.493 e. The van der Waals surface area contributed by atoms with E-state index in [-0.39, 0.29) is 18.4 Å². The van der Waals surface area contributed by atoms with E-state index < -0.39 is 0 Å². The average molecular weight is 257 g/mol. The van der Waals surface area contributed by atoms with Gasteiger partial charge in [0.15, 0.2) is 0 Å². The number of ether oxygens (including phenoxy) is 1. The van der Waals surface area contributed by atoms with Crippen molar-refractivity contribution in [2.45, 2.75) is 31.7 Å². The molecule has 3 nitrogen and oxygen atoms in total. The SMILES string of the molecule is Cl.NCCCC[C@H](N)c1ccc2c(c1)CCO2. The first-order valence-corrected chi connectivity index (χ1v) is 6.02. The van der Waals surface area contributed by atoms with Crippen LogP contribution in [0.3, 0.4) is 0 Å². The van der Waals surface area contributed by atoms with Gasteiger partial charge in [-0.25, -0.2) is 0 Å². The van der Waals surface area contributed by atoms with E-state index in [4.69, 9.17) is 16.2 Å². The van der Waals surface area contributed by atoms with Gasteiger partial charge in [0.25, 0.3) is 0 Å². The predicted octanol–water partition coefficient (Wildman–Crippen LogP) is 2.17. The first-order valence-electron chi connectivity index (χ1n) is 6.02. The van der Waals surface area contributed by atoms with Gasteiger partial charge in [-0.15, -0.1) is 12.4 Å². The molecule has 1 aliphatic heterocycles. The Kier molecular flexibility index (Phi) is 5.75. The van der Waals surface area contributed by atoms with Gasteiger partial charge >= 0.3 is 0 Å². The first kappa shape index (κ1) is 14.3. The molecule has 96 valence electrons. The lowest BCUT2D eigenvalue weighted by Crippen LogP contribution is -2.11. The number of rotatable bonds is 5. The van der Waals surface area contributed by atoms with Crippen molar-refractivity contribution in [3.05, 3.63) is 29.3 Å². The Bertz CT molecular complexity index is 357. The van der Waals surface area contributed by atoms with Crippen LogP contribution in [-0.4, -0.2) is 13.2 Å². The number of benzene rings is 1. The van der Waals surface area contributed by atoms with Crippen LogP contribution in [0.1, 0.15) is 36.4 Å². The molecule has 4 N–H and O–H groups in total. The Balaban J connectivity index is 0.00000144. The van der Waals surface area contributed by atoms with Crippen molar-refractivity contribution in [2.24, 2.45) is 11.5 Å². The number of unbranched alkanes of at least 4 members (excludes halogenated alkanes) is 1. The standard InChI is InChI=1S/C13H20N2O.ClH/c14-7-2-1-3-12(15)10-4-5-13-11(9-10)6-8-16-13;/h4-5,9,12H,1-3,6-8,14-15H2;1H/t12-;/m0./s1. The molecule has 0 bridgehead atoms. The van der Waals surface area contributed by atoms with Gasteiger partial charge in [0.05, 0.1) is 6.61 Å². The van der Waals surface area contributed by atoms with Crippen LogP contribution in [0.5, 0.6) is 5.75 Å². The normalized spacial score (nSPS) is 14.7. The molecule has 0 saturated carbocycles. The van der Waals surface area contributed by atoms with Gasteiger partial charge in [0, 0.05) is 12.5 Å². The van der Waals surface area contributed by atoms with Crippen molar-refractivity contribution in [1.82, 2.24) is 0 Å². The van der Waals surface area contributed by atoms with E-state index in [0.717, 1.165) is 44.6 Å². The maximum absolute atomic E-state index is 6.15. The summed E-state index contributed by atoms with van der Waals surface area (Å²) in [5.41, 5.74) is 14.1. The Morgan fingerprint density at radius 1 is 1.29 bits per heavy atom. The highest BCUT2D eigenvalue weighted by Crippen LogP contribution is 2.28. The highest BCUT2D eigenvalue weighted by atomic mass is 35.5. The minimum atomic E-state index is 0. The van der Waals surface area contributed by atoms with Gasteiger partial charge in [-0.2, -0.15) is 0 Å². The van der Waals surface area contributed by atoms with Crippen molar-refractivity contribution in [1.29, 1.82) is 0 Å². The molecule has 1 heterocycles. The van der Waals surface area contributed by atoms with Crippen LogP contribution in [0.2, 0.25) is 0 Å². The zero-order valence-corrected chi connectivity index (χ0v) is 10.8. The molecule has 0 saturated heterocycles. The van der Waals surface area contributed by atoms with Crippen LogP contribution in [-0.2, 0) is 6.42 Å². The summed E-state index contributed by atoms with van der Waals surface area (Å²) in [6.45, 7) is 1.56. The number of hydrogen-bond acceptors (Lipinski definition) is 3. The molecule has 1 aromatic rings. The second-order valence-electron chi connectivity index (χ2n) is 4.36. The van der Waals surface area contributed by atoms with Crippen LogP contribution in [0, 0.1) is 0 Å². The van der Waals surface area contributed by atoms with E-state index in [9.17, 15) is 0 Å². The van der Waals surface area contributed by atoms with Gasteiger partial charge in [-0.1, -0.05) is 18.6 Å². The second kappa shape index (κ2) is 6.84. The van der Waals surface area contributed by atoms with E-state index in [1.165, 1.54) is 11.1 Å². The third kappa shape index (κ3) is 3.60. The minimum Gasteiger partial charge on any atom is -0.493 e. The van der Waals surface area contributed by atoms with E-state index in [1.54, 1.807) is 0 Å². The molecule has 0 radical (unpaired) electrons. The fourth-order valence-electron chi connectivity index (χ4n) is 2.11. The molecular weight excluding hydrogens is 236 g/mol. The Morgan fingerprint density at radius 3 is 2.88 bits per heavy atom. The van der Waals surface area contributed by atoms with Crippen molar-refractivity contribution in [2.75, 3.05) is 13.2 Å². The summed E-state index contributed by atoms with van der Waals surface area (Å²) >= 11 is 0. The van der Waals surface area contributed by atoms with Gasteiger partial charge in [0.1, 0.15) is 5.75 Å². The minimum absolute atomic E-state index is 0. The fraction of sp³-hybridized carbons (Fsp3) is 0.538. The van der Waals surface area contributed by atoms with E-state index in [2.05, 4.69) is 12.1 Å². The van der Waals surface area contributed by atoms with Gasteiger partial charge < -0.3 is 16.2 Å². The third-order valence-electron chi connectivity index (χ3n) is 3.11. The molecule has 0 unspecified atom stereocenters.